The Balaban J connectivity index is 2.07. The van der Waals surface area contributed by atoms with Crippen molar-refractivity contribution in [2.75, 3.05) is 27.2 Å². The van der Waals surface area contributed by atoms with Crippen LogP contribution in [0.2, 0.25) is 0 Å². The molecular weight excluding hydrogens is 234 g/mol. The fourth-order valence-electron chi connectivity index (χ4n) is 1.92. The molecule has 6 heteroatoms. The molecular formula is C12H17N3O3. The van der Waals surface area contributed by atoms with Gasteiger partial charge in [0.1, 0.15) is 18.0 Å². The standard InChI is InChI=1S/C12H17N3O3/c1-15-5-3-9(4-6-15)18-11-10(12(16)17-2)7-13-8-14-11/h7-9H,3-6H2,1-2H3. The van der Waals surface area contributed by atoms with Gasteiger partial charge in [0.2, 0.25) is 5.88 Å². The number of esters is 1. The van der Waals surface area contributed by atoms with Gasteiger partial charge in [-0.15, -0.1) is 0 Å². The average Bonchev–Trinajstić information content (AvgIpc) is 2.41. The highest BCUT2D eigenvalue weighted by molar-refractivity contribution is 5.91. The van der Waals surface area contributed by atoms with Gasteiger partial charge in [0.25, 0.3) is 0 Å². The Hall–Kier alpha value is -1.69. The minimum absolute atomic E-state index is 0.0968. The molecule has 0 unspecified atom stereocenters. The predicted octanol–water partition coefficient (Wildman–Crippen LogP) is 0.736. The maximum Gasteiger partial charge on any atom is 0.344 e. The maximum atomic E-state index is 11.5. The molecule has 0 aliphatic carbocycles. The molecule has 0 radical (unpaired) electrons. The number of rotatable bonds is 3. The Morgan fingerprint density at radius 1 is 1.44 bits per heavy atom. The number of carbonyl (C=O) groups excluding carboxylic acids is 1. The summed E-state index contributed by atoms with van der Waals surface area (Å²) in [6.07, 6.45) is 4.75. The first kappa shape index (κ1) is 12.8. The number of ether oxygens (including phenoxy) is 2. The lowest BCUT2D eigenvalue weighted by Gasteiger charge is -2.29. The molecule has 2 heterocycles. The molecule has 1 aromatic rings. The SMILES string of the molecule is COC(=O)c1cncnc1OC1CCN(C)CC1. The van der Waals surface area contributed by atoms with Gasteiger partial charge in [-0.25, -0.2) is 14.8 Å². The first-order valence-corrected chi connectivity index (χ1v) is 5.94. The predicted molar refractivity (Wildman–Crippen MR) is 64.5 cm³/mol. The van der Waals surface area contributed by atoms with E-state index >= 15 is 0 Å². The van der Waals surface area contributed by atoms with Crippen molar-refractivity contribution in [3.63, 3.8) is 0 Å². The van der Waals surface area contributed by atoms with E-state index in [2.05, 4.69) is 26.7 Å². The van der Waals surface area contributed by atoms with E-state index in [0.29, 0.717) is 5.88 Å². The van der Waals surface area contributed by atoms with Gasteiger partial charge in [0.15, 0.2) is 0 Å². The van der Waals surface area contributed by atoms with Crippen LogP contribution in [0, 0.1) is 0 Å². The van der Waals surface area contributed by atoms with Crippen LogP contribution < -0.4 is 4.74 Å². The Kier molecular flexibility index (Phi) is 4.09. The Morgan fingerprint density at radius 2 is 2.17 bits per heavy atom. The number of carbonyl (C=O) groups is 1. The van der Waals surface area contributed by atoms with Gasteiger partial charge in [-0.05, 0) is 19.9 Å². The van der Waals surface area contributed by atoms with E-state index in [0.717, 1.165) is 25.9 Å². The highest BCUT2D eigenvalue weighted by Gasteiger charge is 2.22. The van der Waals surface area contributed by atoms with Gasteiger partial charge in [-0.1, -0.05) is 0 Å². The molecule has 1 aliphatic heterocycles. The molecule has 0 amide bonds. The van der Waals surface area contributed by atoms with Gasteiger partial charge in [0.05, 0.1) is 7.11 Å². The van der Waals surface area contributed by atoms with Crippen molar-refractivity contribution in [2.45, 2.75) is 18.9 Å². The zero-order valence-corrected chi connectivity index (χ0v) is 10.6. The van der Waals surface area contributed by atoms with Gasteiger partial charge < -0.3 is 14.4 Å². The third kappa shape index (κ3) is 2.95. The molecule has 6 nitrogen and oxygen atoms in total. The summed E-state index contributed by atoms with van der Waals surface area (Å²) in [5.41, 5.74) is 0.277. The van der Waals surface area contributed by atoms with Gasteiger partial charge in [-0.3, -0.25) is 0 Å². The summed E-state index contributed by atoms with van der Waals surface area (Å²) in [6.45, 7) is 1.98. The normalized spacial score (nSPS) is 17.4. The average molecular weight is 251 g/mol. The van der Waals surface area contributed by atoms with Crippen LogP contribution in [0.25, 0.3) is 0 Å². The van der Waals surface area contributed by atoms with Crippen molar-refractivity contribution in [1.82, 2.24) is 14.9 Å². The number of piperidine rings is 1. The van der Waals surface area contributed by atoms with Crippen molar-refractivity contribution in [3.05, 3.63) is 18.1 Å². The monoisotopic (exact) mass is 251 g/mol. The molecule has 0 bridgehead atoms. The van der Waals surface area contributed by atoms with E-state index in [1.165, 1.54) is 19.6 Å². The largest absolute Gasteiger partial charge is 0.474 e. The lowest BCUT2D eigenvalue weighted by molar-refractivity contribution is 0.0582. The molecule has 0 atom stereocenters. The summed E-state index contributed by atoms with van der Waals surface area (Å²) in [5.74, 6) is -0.162. The summed E-state index contributed by atoms with van der Waals surface area (Å²) in [6, 6.07) is 0. The van der Waals surface area contributed by atoms with E-state index in [-0.39, 0.29) is 11.7 Å². The number of methoxy groups -OCH3 is 1. The number of nitrogens with zero attached hydrogens (tertiary/aromatic N) is 3. The molecule has 1 aromatic heterocycles. The van der Waals surface area contributed by atoms with Gasteiger partial charge >= 0.3 is 5.97 Å². The van der Waals surface area contributed by atoms with Crippen LogP contribution in [-0.2, 0) is 4.74 Å². The molecule has 0 N–H and O–H groups in total. The Bertz CT molecular complexity index is 417. The zero-order valence-electron chi connectivity index (χ0n) is 10.6. The van der Waals surface area contributed by atoms with Gasteiger partial charge in [-0.2, -0.15) is 0 Å². The van der Waals surface area contributed by atoms with Crippen LogP contribution in [-0.4, -0.2) is 54.2 Å². The quantitative estimate of drug-likeness (QED) is 0.738. The number of aromatic nitrogens is 2. The molecule has 1 aliphatic rings. The van der Waals surface area contributed by atoms with Crippen molar-refractivity contribution in [2.24, 2.45) is 0 Å². The minimum Gasteiger partial charge on any atom is -0.474 e. The zero-order chi connectivity index (χ0) is 13.0. The van der Waals surface area contributed by atoms with Gasteiger partial charge in [0, 0.05) is 19.3 Å². The fourth-order valence-corrected chi connectivity index (χ4v) is 1.92. The molecule has 0 spiro atoms. The topological polar surface area (TPSA) is 64.5 Å². The highest BCUT2D eigenvalue weighted by Crippen LogP contribution is 2.20. The summed E-state index contributed by atoms with van der Waals surface area (Å²) < 4.78 is 10.5. The molecule has 18 heavy (non-hydrogen) atoms. The van der Waals surface area contributed by atoms with E-state index in [1.54, 1.807) is 0 Å². The van der Waals surface area contributed by atoms with Crippen LogP contribution in [0.15, 0.2) is 12.5 Å². The first-order valence-electron chi connectivity index (χ1n) is 5.94. The molecule has 98 valence electrons. The summed E-state index contributed by atoms with van der Waals surface area (Å²) in [5, 5.41) is 0. The molecule has 0 aromatic carbocycles. The smallest absolute Gasteiger partial charge is 0.344 e. The summed E-state index contributed by atoms with van der Waals surface area (Å²) in [4.78, 5) is 21.6. The molecule has 1 fully saturated rings. The van der Waals surface area contributed by atoms with Crippen LogP contribution in [0.5, 0.6) is 5.88 Å². The van der Waals surface area contributed by atoms with E-state index in [1.807, 2.05) is 0 Å². The Morgan fingerprint density at radius 3 is 2.83 bits per heavy atom. The van der Waals surface area contributed by atoms with Crippen molar-refractivity contribution >= 4 is 5.97 Å². The fraction of sp³-hybridized carbons (Fsp3) is 0.583. The maximum absolute atomic E-state index is 11.5. The van der Waals surface area contributed by atoms with E-state index < -0.39 is 5.97 Å². The van der Waals surface area contributed by atoms with Crippen LogP contribution in [0.3, 0.4) is 0 Å². The van der Waals surface area contributed by atoms with Crippen molar-refractivity contribution in [3.8, 4) is 5.88 Å². The van der Waals surface area contributed by atoms with Crippen molar-refractivity contribution < 1.29 is 14.3 Å². The van der Waals surface area contributed by atoms with Crippen LogP contribution >= 0.6 is 0 Å². The lowest BCUT2D eigenvalue weighted by atomic mass is 10.1. The lowest BCUT2D eigenvalue weighted by Crippen LogP contribution is -2.36. The van der Waals surface area contributed by atoms with E-state index in [9.17, 15) is 4.79 Å². The second-order valence-corrected chi connectivity index (χ2v) is 4.35. The number of hydrogen-bond donors (Lipinski definition) is 0. The Labute approximate surface area is 106 Å². The summed E-state index contributed by atoms with van der Waals surface area (Å²) >= 11 is 0. The van der Waals surface area contributed by atoms with Crippen molar-refractivity contribution in [1.29, 1.82) is 0 Å². The summed E-state index contributed by atoms with van der Waals surface area (Å²) in [7, 11) is 3.41. The highest BCUT2D eigenvalue weighted by atomic mass is 16.5. The second-order valence-electron chi connectivity index (χ2n) is 4.35. The van der Waals surface area contributed by atoms with Crippen LogP contribution in [0.4, 0.5) is 0 Å². The molecule has 0 saturated carbocycles. The molecule has 2 rings (SSSR count). The first-order chi connectivity index (χ1) is 8.70. The van der Waals surface area contributed by atoms with Crippen LogP contribution in [0.1, 0.15) is 23.2 Å². The third-order valence-electron chi connectivity index (χ3n) is 3.02. The molecule has 1 saturated heterocycles. The minimum atomic E-state index is -0.474. The number of hydrogen-bond acceptors (Lipinski definition) is 6. The number of likely N-dealkylation sites (tertiary alicyclic amines) is 1. The third-order valence-corrected chi connectivity index (χ3v) is 3.02. The van der Waals surface area contributed by atoms with E-state index in [4.69, 9.17) is 4.74 Å². The second kappa shape index (κ2) is 5.77.